The van der Waals surface area contributed by atoms with Crippen LogP contribution in [0.3, 0.4) is 0 Å². The number of para-hydroxylation sites is 1. The van der Waals surface area contributed by atoms with Crippen LogP contribution < -0.4 is 5.56 Å². The maximum Gasteiger partial charge on any atom is 0.261 e. The molecule has 1 heterocycles. The Balaban J connectivity index is 2.50. The molecule has 0 spiro atoms. The van der Waals surface area contributed by atoms with E-state index in [-0.39, 0.29) is 17.5 Å². The lowest BCUT2D eigenvalue weighted by Gasteiger charge is -2.36. The van der Waals surface area contributed by atoms with E-state index in [4.69, 9.17) is 4.98 Å². The molecule has 0 radical (unpaired) electrons. The van der Waals surface area contributed by atoms with Gasteiger partial charge >= 0.3 is 0 Å². The highest BCUT2D eigenvalue weighted by molar-refractivity contribution is 5.82. The first-order chi connectivity index (χ1) is 13.2. The lowest BCUT2D eigenvalue weighted by atomic mass is 9.93. The highest BCUT2D eigenvalue weighted by atomic mass is 16.2. The summed E-state index contributed by atoms with van der Waals surface area (Å²) in [4.78, 5) is 32.9. The zero-order valence-corrected chi connectivity index (χ0v) is 18.3. The van der Waals surface area contributed by atoms with Crippen LogP contribution in [0.2, 0.25) is 0 Å². The Morgan fingerprint density at radius 2 is 1.82 bits per heavy atom. The van der Waals surface area contributed by atoms with Gasteiger partial charge in [0.15, 0.2) is 0 Å². The van der Waals surface area contributed by atoms with Crippen LogP contribution in [0, 0.1) is 5.41 Å². The molecule has 0 N–H and O–H groups in total. The summed E-state index contributed by atoms with van der Waals surface area (Å²) in [7, 11) is 1.76. The Kier molecular flexibility index (Phi) is 7.39. The maximum absolute atomic E-state index is 13.3. The standard InChI is InChI=1S/C23H35N3O2/c1-7-9-10-13-16-26(22(28)23(3,4)5)19(8-2)20-24-18-15-12-11-14-17(18)21(27)25(20)6/h11-12,14-15,19H,7-10,13,16H2,1-6H3. The lowest BCUT2D eigenvalue weighted by Crippen LogP contribution is -2.44. The minimum absolute atomic E-state index is 0.0619. The van der Waals surface area contributed by atoms with Crippen molar-refractivity contribution in [1.82, 2.24) is 14.5 Å². The highest BCUT2D eigenvalue weighted by Crippen LogP contribution is 2.29. The van der Waals surface area contributed by atoms with E-state index in [1.54, 1.807) is 17.7 Å². The van der Waals surface area contributed by atoms with Crippen LogP contribution in [0.5, 0.6) is 0 Å². The van der Waals surface area contributed by atoms with Crippen LogP contribution in [0.4, 0.5) is 0 Å². The number of amides is 1. The van der Waals surface area contributed by atoms with Crippen molar-refractivity contribution >= 4 is 16.8 Å². The van der Waals surface area contributed by atoms with E-state index in [1.165, 1.54) is 6.42 Å². The van der Waals surface area contributed by atoms with Crippen molar-refractivity contribution in [1.29, 1.82) is 0 Å². The maximum atomic E-state index is 13.3. The summed E-state index contributed by atoms with van der Waals surface area (Å²) in [6.07, 6.45) is 5.11. The number of aromatic nitrogens is 2. The third-order valence-electron chi connectivity index (χ3n) is 5.23. The quantitative estimate of drug-likeness (QED) is 0.611. The zero-order valence-electron chi connectivity index (χ0n) is 18.3. The van der Waals surface area contributed by atoms with Gasteiger partial charge in [0.2, 0.25) is 5.91 Å². The normalized spacial score (nSPS) is 12.9. The number of carbonyl (C=O) groups is 1. The Morgan fingerprint density at radius 3 is 2.43 bits per heavy atom. The van der Waals surface area contributed by atoms with Crippen LogP contribution in [-0.2, 0) is 11.8 Å². The van der Waals surface area contributed by atoms with Crippen molar-refractivity contribution in [3.8, 4) is 0 Å². The number of carbonyl (C=O) groups excluding carboxylic acids is 1. The van der Waals surface area contributed by atoms with E-state index in [2.05, 4.69) is 13.8 Å². The minimum Gasteiger partial charge on any atom is -0.332 e. The number of hydrogen-bond acceptors (Lipinski definition) is 3. The molecule has 0 saturated carbocycles. The first kappa shape index (κ1) is 22.1. The Hall–Kier alpha value is -2.17. The fourth-order valence-electron chi connectivity index (χ4n) is 3.61. The van der Waals surface area contributed by atoms with Crippen molar-refractivity contribution in [3.63, 3.8) is 0 Å². The number of rotatable bonds is 8. The van der Waals surface area contributed by atoms with Crippen LogP contribution >= 0.6 is 0 Å². The van der Waals surface area contributed by atoms with E-state index in [0.29, 0.717) is 29.7 Å². The van der Waals surface area contributed by atoms with E-state index in [9.17, 15) is 9.59 Å². The largest absolute Gasteiger partial charge is 0.332 e. The zero-order chi connectivity index (χ0) is 20.9. The molecule has 5 nitrogen and oxygen atoms in total. The van der Waals surface area contributed by atoms with Crippen LogP contribution in [-0.4, -0.2) is 26.9 Å². The van der Waals surface area contributed by atoms with Gasteiger partial charge in [0.25, 0.3) is 5.56 Å². The van der Waals surface area contributed by atoms with Gasteiger partial charge in [-0.2, -0.15) is 0 Å². The molecule has 1 aromatic heterocycles. The van der Waals surface area contributed by atoms with E-state index in [0.717, 1.165) is 19.3 Å². The third-order valence-corrected chi connectivity index (χ3v) is 5.23. The van der Waals surface area contributed by atoms with Gasteiger partial charge in [-0.05, 0) is 25.0 Å². The highest BCUT2D eigenvalue weighted by Gasteiger charge is 2.33. The van der Waals surface area contributed by atoms with Crippen molar-refractivity contribution < 1.29 is 4.79 Å². The van der Waals surface area contributed by atoms with Gasteiger partial charge in [0.1, 0.15) is 5.82 Å². The molecule has 0 saturated heterocycles. The summed E-state index contributed by atoms with van der Waals surface area (Å²) in [5.41, 5.74) is 0.148. The number of fused-ring (bicyclic) bond motifs is 1. The second-order valence-electron chi connectivity index (χ2n) is 8.58. The topological polar surface area (TPSA) is 55.2 Å². The fourth-order valence-corrected chi connectivity index (χ4v) is 3.61. The van der Waals surface area contributed by atoms with Crippen LogP contribution in [0.15, 0.2) is 29.1 Å². The average Bonchev–Trinajstić information content (AvgIpc) is 2.66. The molecule has 0 fully saturated rings. The molecule has 1 amide bonds. The molecule has 1 aromatic carbocycles. The van der Waals surface area contributed by atoms with Gasteiger partial charge in [-0.15, -0.1) is 0 Å². The molecule has 0 aliphatic rings. The average molecular weight is 386 g/mol. The van der Waals surface area contributed by atoms with Gasteiger partial charge in [-0.25, -0.2) is 4.98 Å². The smallest absolute Gasteiger partial charge is 0.261 e. The Morgan fingerprint density at radius 1 is 1.14 bits per heavy atom. The van der Waals surface area contributed by atoms with Crippen LogP contribution in [0.1, 0.15) is 78.6 Å². The summed E-state index contributed by atoms with van der Waals surface area (Å²) < 4.78 is 1.62. The molecule has 1 atom stereocenters. The molecule has 2 rings (SSSR count). The van der Waals surface area contributed by atoms with Crippen molar-refractivity contribution in [2.45, 2.75) is 72.8 Å². The van der Waals surface area contributed by atoms with Gasteiger partial charge in [-0.1, -0.05) is 66.0 Å². The van der Waals surface area contributed by atoms with Crippen molar-refractivity contribution in [2.75, 3.05) is 6.54 Å². The van der Waals surface area contributed by atoms with Gasteiger partial charge < -0.3 is 4.90 Å². The van der Waals surface area contributed by atoms with E-state index >= 15 is 0 Å². The van der Waals surface area contributed by atoms with E-state index in [1.807, 2.05) is 43.9 Å². The first-order valence-electron chi connectivity index (χ1n) is 10.5. The summed E-state index contributed by atoms with van der Waals surface area (Å²) in [6.45, 7) is 10.8. The molecule has 5 heteroatoms. The van der Waals surface area contributed by atoms with Crippen LogP contribution in [0.25, 0.3) is 10.9 Å². The van der Waals surface area contributed by atoms with Crippen molar-refractivity contribution in [3.05, 3.63) is 40.4 Å². The predicted molar refractivity (Wildman–Crippen MR) is 115 cm³/mol. The van der Waals surface area contributed by atoms with Gasteiger partial charge in [-0.3, -0.25) is 14.2 Å². The first-order valence-corrected chi connectivity index (χ1v) is 10.5. The molecular weight excluding hydrogens is 350 g/mol. The number of benzene rings is 1. The number of hydrogen-bond donors (Lipinski definition) is 0. The molecule has 0 aliphatic carbocycles. The fraction of sp³-hybridized carbons (Fsp3) is 0.609. The molecule has 1 unspecified atom stereocenters. The summed E-state index contributed by atoms with van der Waals surface area (Å²) in [5, 5.41) is 0.611. The molecule has 0 bridgehead atoms. The second kappa shape index (κ2) is 9.35. The molecule has 2 aromatic rings. The van der Waals surface area contributed by atoms with Crippen molar-refractivity contribution in [2.24, 2.45) is 12.5 Å². The molecule has 28 heavy (non-hydrogen) atoms. The monoisotopic (exact) mass is 385 g/mol. The minimum atomic E-state index is -0.478. The SMILES string of the molecule is CCCCCCN(C(=O)C(C)(C)C)C(CC)c1nc2ccccc2c(=O)n1C. The second-order valence-corrected chi connectivity index (χ2v) is 8.58. The predicted octanol–water partition coefficient (Wildman–Crippen LogP) is 4.84. The Labute approximate surface area is 168 Å². The molecular formula is C23H35N3O2. The molecule has 154 valence electrons. The summed E-state index contributed by atoms with van der Waals surface area (Å²) in [5.74, 6) is 0.776. The lowest BCUT2D eigenvalue weighted by molar-refractivity contribution is -0.142. The summed E-state index contributed by atoms with van der Waals surface area (Å²) in [6, 6.07) is 7.20. The molecule has 0 aliphatic heterocycles. The Bertz CT molecular complexity index is 864. The number of unbranched alkanes of at least 4 members (excludes halogenated alkanes) is 3. The summed E-state index contributed by atoms with van der Waals surface area (Å²) >= 11 is 0. The number of nitrogens with zero attached hydrogens (tertiary/aromatic N) is 3. The van der Waals surface area contributed by atoms with Gasteiger partial charge in [0.05, 0.1) is 16.9 Å². The third kappa shape index (κ3) is 4.81. The van der Waals surface area contributed by atoms with E-state index < -0.39 is 5.41 Å². The van der Waals surface area contributed by atoms with Gasteiger partial charge in [0, 0.05) is 19.0 Å².